The first kappa shape index (κ1) is 79.6. The SMILES string of the molecule is CCCCCC/C=C\C/C=C\CCCCCCCCCC(=O)OCCCCCCCCCCC/C=C\C/C=C\CCCCCCCCCCCCCCCCCC(=O)NC(CO)C(O)/C=C/CCCCCCCCCCCCCCCC. The van der Waals surface area contributed by atoms with Crippen molar-refractivity contribution in [3.63, 3.8) is 0 Å². The van der Waals surface area contributed by atoms with E-state index in [9.17, 15) is 19.8 Å². The number of amides is 1. The van der Waals surface area contributed by atoms with Gasteiger partial charge in [-0.25, -0.2) is 0 Å². The molecule has 0 heterocycles. The maximum Gasteiger partial charge on any atom is 0.305 e. The molecule has 0 aromatic heterocycles. The minimum atomic E-state index is -0.845. The van der Waals surface area contributed by atoms with Crippen molar-refractivity contribution in [1.29, 1.82) is 0 Å². The van der Waals surface area contributed by atoms with Crippen LogP contribution in [0.1, 0.15) is 386 Å². The average molecular weight is 1150 g/mol. The minimum absolute atomic E-state index is 0.00550. The van der Waals surface area contributed by atoms with Crippen molar-refractivity contribution in [1.82, 2.24) is 5.32 Å². The molecule has 0 rings (SSSR count). The van der Waals surface area contributed by atoms with Gasteiger partial charge in [-0.05, 0) is 96.3 Å². The highest BCUT2D eigenvalue weighted by Gasteiger charge is 2.18. The summed E-state index contributed by atoms with van der Waals surface area (Å²) in [7, 11) is 0. The summed E-state index contributed by atoms with van der Waals surface area (Å²) in [5, 5.41) is 23.2. The molecule has 0 aliphatic heterocycles. The van der Waals surface area contributed by atoms with Crippen molar-refractivity contribution < 1.29 is 24.5 Å². The summed E-state index contributed by atoms with van der Waals surface area (Å²) in [6.45, 7) is 4.90. The van der Waals surface area contributed by atoms with E-state index in [1.807, 2.05) is 6.08 Å². The third kappa shape index (κ3) is 66.7. The number of carbonyl (C=O) groups excluding carboxylic acids is 2. The van der Waals surface area contributed by atoms with E-state index in [0.717, 1.165) is 57.8 Å². The maximum absolute atomic E-state index is 12.5. The van der Waals surface area contributed by atoms with Crippen LogP contribution in [0.15, 0.2) is 60.8 Å². The van der Waals surface area contributed by atoms with Crippen molar-refractivity contribution >= 4 is 11.9 Å². The molecule has 480 valence electrons. The number of aliphatic hydroxyl groups excluding tert-OH is 2. The van der Waals surface area contributed by atoms with Gasteiger partial charge in [0.1, 0.15) is 0 Å². The van der Waals surface area contributed by atoms with Crippen molar-refractivity contribution in [3.8, 4) is 0 Å². The number of aliphatic hydroxyl groups is 2. The molecule has 0 aromatic rings. The summed E-state index contributed by atoms with van der Waals surface area (Å²) in [5.74, 6) is -0.0601. The number of unbranched alkanes of at least 4 members (excludes halogenated alkanes) is 49. The molecule has 0 spiro atoms. The number of hydrogen-bond donors (Lipinski definition) is 3. The van der Waals surface area contributed by atoms with Crippen LogP contribution in [-0.4, -0.2) is 47.4 Å². The maximum atomic E-state index is 12.5. The molecular formula is C76H141NO5. The zero-order valence-corrected chi connectivity index (χ0v) is 55.0. The number of allylic oxidation sites excluding steroid dienone is 9. The van der Waals surface area contributed by atoms with Gasteiger partial charge in [-0.3, -0.25) is 9.59 Å². The van der Waals surface area contributed by atoms with Gasteiger partial charge in [-0.2, -0.15) is 0 Å². The first-order valence-corrected chi connectivity index (χ1v) is 36.6. The number of nitrogens with one attached hydrogen (secondary N) is 1. The highest BCUT2D eigenvalue weighted by molar-refractivity contribution is 5.76. The van der Waals surface area contributed by atoms with Crippen molar-refractivity contribution in [2.24, 2.45) is 0 Å². The summed E-state index contributed by atoms with van der Waals surface area (Å²) in [6.07, 6.45) is 94.5. The Kier molecular flexibility index (Phi) is 68.9. The molecule has 0 aliphatic rings. The van der Waals surface area contributed by atoms with Crippen LogP contribution < -0.4 is 5.32 Å². The highest BCUT2D eigenvalue weighted by atomic mass is 16.5. The Bertz CT molecular complexity index is 1420. The molecule has 1 amide bonds. The van der Waals surface area contributed by atoms with Gasteiger partial charge >= 0.3 is 5.97 Å². The van der Waals surface area contributed by atoms with Gasteiger partial charge in [-0.15, -0.1) is 0 Å². The molecule has 6 heteroatoms. The van der Waals surface area contributed by atoms with E-state index in [-0.39, 0.29) is 18.5 Å². The van der Waals surface area contributed by atoms with Gasteiger partial charge in [0.15, 0.2) is 0 Å². The first-order valence-electron chi connectivity index (χ1n) is 36.6. The molecule has 6 nitrogen and oxygen atoms in total. The largest absolute Gasteiger partial charge is 0.466 e. The Balaban J connectivity index is 3.41. The molecule has 2 atom stereocenters. The van der Waals surface area contributed by atoms with Crippen LogP contribution >= 0.6 is 0 Å². The quantitative estimate of drug-likeness (QED) is 0.0320. The lowest BCUT2D eigenvalue weighted by Gasteiger charge is -2.20. The minimum Gasteiger partial charge on any atom is -0.466 e. The number of ether oxygens (including phenoxy) is 1. The van der Waals surface area contributed by atoms with Crippen molar-refractivity contribution in [2.75, 3.05) is 13.2 Å². The monoisotopic (exact) mass is 1150 g/mol. The lowest BCUT2D eigenvalue weighted by Crippen LogP contribution is -2.45. The van der Waals surface area contributed by atoms with Gasteiger partial charge in [0.05, 0.1) is 25.4 Å². The standard InChI is InChI=1S/C76H141NO5/c1-3-5-7-9-11-13-15-17-19-21-38-42-46-50-54-58-62-66-70-76(81)82-71-67-63-59-55-51-47-43-39-36-34-32-30-28-26-24-22-23-25-27-29-31-33-35-37-41-45-49-53-57-61-65-69-75(80)77-73(72-78)74(79)68-64-60-56-52-48-44-40-20-18-16-14-12-10-8-6-4-2/h13,15,19,21,24,26,30,32,64,68,73-74,78-79H,3-12,14,16-18,20,22-23,25,27-29,31,33-63,65-67,69-72H2,1-2H3,(H,77,80)/b15-13-,21-19-,26-24-,32-30-,68-64+. The second-order valence-corrected chi connectivity index (χ2v) is 24.9. The molecule has 0 bridgehead atoms. The van der Waals surface area contributed by atoms with Gasteiger partial charge < -0.3 is 20.3 Å². The van der Waals surface area contributed by atoms with Crippen LogP contribution in [0.4, 0.5) is 0 Å². The Morgan fingerprint density at radius 2 is 0.610 bits per heavy atom. The zero-order chi connectivity index (χ0) is 59.2. The van der Waals surface area contributed by atoms with Crippen LogP contribution in [0.25, 0.3) is 0 Å². The van der Waals surface area contributed by atoms with Crippen LogP contribution in [0.3, 0.4) is 0 Å². The van der Waals surface area contributed by atoms with E-state index in [1.54, 1.807) is 6.08 Å². The predicted octanol–water partition coefficient (Wildman–Crippen LogP) is 23.8. The molecule has 3 N–H and O–H groups in total. The third-order valence-electron chi connectivity index (χ3n) is 16.8. The van der Waals surface area contributed by atoms with Crippen molar-refractivity contribution in [2.45, 2.75) is 398 Å². The number of carbonyl (C=O) groups is 2. The van der Waals surface area contributed by atoms with Crippen LogP contribution in [-0.2, 0) is 14.3 Å². The van der Waals surface area contributed by atoms with E-state index in [0.29, 0.717) is 19.4 Å². The van der Waals surface area contributed by atoms with Crippen LogP contribution in [0.5, 0.6) is 0 Å². The fraction of sp³-hybridized carbons (Fsp3) is 0.842. The lowest BCUT2D eigenvalue weighted by molar-refractivity contribution is -0.143. The summed E-state index contributed by atoms with van der Waals surface area (Å²) >= 11 is 0. The first-order chi connectivity index (χ1) is 40.5. The fourth-order valence-corrected chi connectivity index (χ4v) is 11.2. The van der Waals surface area contributed by atoms with Gasteiger partial charge in [-0.1, -0.05) is 338 Å². The second kappa shape index (κ2) is 71.0. The molecular weight excluding hydrogens is 1010 g/mol. The topological polar surface area (TPSA) is 95.9 Å². The Hall–Kier alpha value is -2.44. The molecule has 0 fully saturated rings. The Morgan fingerprint density at radius 3 is 0.939 bits per heavy atom. The summed E-state index contributed by atoms with van der Waals surface area (Å²) < 4.78 is 5.50. The molecule has 0 radical (unpaired) electrons. The lowest BCUT2D eigenvalue weighted by atomic mass is 10.0. The number of rotatable bonds is 68. The molecule has 0 aromatic carbocycles. The molecule has 82 heavy (non-hydrogen) atoms. The van der Waals surface area contributed by atoms with E-state index in [1.165, 1.54) is 302 Å². The highest BCUT2D eigenvalue weighted by Crippen LogP contribution is 2.18. The number of esters is 1. The normalized spacial score (nSPS) is 12.9. The van der Waals surface area contributed by atoms with Crippen molar-refractivity contribution in [3.05, 3.63) is 60.8 Å². The van der Waals surface area contributed by atoms with E-state index in [4.69, 9.17) is 4.74 Å². The third-order valence-corrected chi connectivity index (χ3v) is 16.8. The Labute approximate surface area is 511 Å². The van der Waals surface area contributed by atoms with Crippen LogP contribution in [0.2, 0.25) is 0 Å². The molecule has 0 saturated carbocycles. The van der Waals surface area contributed by atoms with E-state index < -0.39 is 12.1 Å². The number of hydrogen-bond acceptors (Lipinski definition) is 5. The Morgan fingerprint density at radius 1 is 0.341 bits per heavy atom. The average Bonchev–Trinajstić information content (AvgIpc) is 3.48. The summed E-state index contributed by atoms with van der Waals surface area (Å²) in [6, 6.07) is -0.629. The second-order valence-electron chi connectivity index (χ2n) is 24.9. The zero-order valence-electron chi connectivity index (χ0n) is 55.0. The molecule has 0 saturated heterocycles. The smallest absolute Gasteiger partial charge is 0.305 e. The predicted molar refractivity (Wildman–Crippen MR) is 361 cm³/mol. The van der Waals surface area contributed by atoms with E-state index >= 15 is 0 Å². The summed E-state index contributed by atoms with van der Waals surface area (Å²) in [5.41, 5.74) is 0. The van der Waals surface area contributed by atoms with Gasteiger partial charge in [0, 0.05) is 12.8 Å². The van der Waals surface area contributed by atoms with E-state index in [2.05, 4.69) is 67.8 Å². The summed E-state index contributed by atoms with van der Waals surface area (Å²) in [4.78, 5) is 24.6. The van der Waals surface area contributed by atoms with Gasteiger partial charge in [0.25, 0.3) is 0 Å². The van der Waals surface area contributed by atoms with Crippen LogP contribution in [0, 0.1) is 0 Å². The van der Waals surface area contributed by atoms with Gasteiger partial charge in [0.2, 0.25) is 5.91 Å². The molecule has 2 unspecified atom stereocenters. The molecule has 0 aliphatic carbocycles. The fourth-order valence-electron chi connectivity index (χ4n) is 11.2.